The van der Waals surface area contributed by atoms with Gasteiger partial charge in [0.1, 0.15) is 19.0 Å². The van der Waals surface area contributed by atoms with Crippen molar-refractivity contribution in [3.05, 3.63) is 42.0 Å². The minimum Gasteiger partial charge on any atom is -0.495 e. The lowest BCUT2D eigenvalue weighted by molar-refractivity contribution is 0.102. The number of amides is 1. The van der Waals surface area contributed by atoms with Crippen molar-refractivity contribution in [3.63, 3.8) is 0 Å². The number of sulfonamides is 1. The summed E-state index contributed by atoms with van der Waals surface area (Å²) in [5.41, 5.74) is 0.600. The number of fused-ring (bicyclic) bond motifs is 1. The number of anilines is 1. The predicted molar refractivity (Wildman–Crippen MR) is 99.3 cm³/mol. The maximum atomic E-state index is 12.6. The van der Waals surface area contributed by atoms with Crippen LogP contribution in [0.1, 0.15) is 10.4 Å². The van der Waals surface area contributed by atoms with E-state index in [1.165, 1.54) is 39.4 Å². The molecule has 0 aromatic heterocycles. The van der Waals surface area contributed by atoms with Crippen molar-refractivity contribution >= 4 is 21.6 Å². The zero-order valence-electron chi connectivity index (χ0n) is 15.2. The van der Waals surface area contributed by atoms with E-state index in [2.05, 4.69) is 5.32 Å². The van der Waals surface area contributed by atoms with E-state index in [9.17, 15) is 13.2 Å². The Morgan fingerprint density at radius 2 is 1.78 bits per heavy atom. The minimum atomic E-state index is -3.65. The molecule has 0 bridgehead atoms. The Bertz CT molecular complexity index is 972. The maximum absolute atomic E-state index is 12.6. The van der Waals surface area contributed by atoms with Crippen molar-refractivity contribution in [2.45, 2.75) is 4.90 Å². The number of benzene rings is 2. The van der Waals surface area contributed by atoms with Gasteiger partial charge in [-0.25, -0.2) is 12.7 Å². The van der Waals surface area contributed by atoms with Gasteiger partial charge < -0.3 is 19.5 Å². The Kier molecular flexibility index (Phi) is 5.24. The highest BCUT2D eigenvalue weighted by molar-refractivity contribution is 7.89. The minimum absolute atomic E-state index is 0.0470. The number of nitrogens with zero attached hydrogens (tertiary/aromatic N) is 1. The molecule has 1 heterocycles. The lowest BCUT2D eigenvalue weighted by Crippen LogP contribution is -2.22. The standard InChI is InChI=1S/C18H20N2O6S/c1-20(2)27(22,23)13-5-7-15(24-3)14(11-13)19-18(21)12-4-6-16-17(10-12)26-9-8-25-16/h4-7,10-11H,8-9H2,1-3H3,(H,19,21). The molecule has 0 radical (unpaired) electrons. The van der Waals surface area contributed by atoms with Crippen molar-refractivity contribution in [1.29, 1.82) is 0 Å². The number of carbonyl (C=O) groups excluding carboxylic acids is 1. The molecule has 2 aromatic rings. The van der Waals surface area contributed by atoms with Gasteiger partial charge >= 0.3 is 0 Å². The van der Waals surface area contributed by atoms with Crippen LogP contribution in [0.15, 0.2) is 41.3 Å². The summed E-state index contributed by atoms with van der Waals surface area (Å²) < 4.78 is 41.9. The zero-order chi connectivity index (χ0) is 19.6. The summed E-state index contributed by atoms with van der Waals surface area (Å²) in [7, 11) is 0.668. The first-order valence-corrected chi connectivity index (χ1v) is 9.58. The smallest absolute Gasteiger partial charge is 0.255 e. The quantitative estimate of drug-likeness (QED) is 0.836. The van der Waals surface area contributed by atoms with Gasteiger partial charge in [0, 0.05) is 19.7 Å². The molecular formula is C18H20N2O6S. The van der Waals surface area contributed by atoms with Gasteiger partial charge in [-0.2, -0.15) is 0 Å². The molecule has 0 atom stereocenters. The van der Waals surface area contributed by atoms with Crippen molar-refractivity contribution in [1.82, 2.24) is 4.31 Å². The summed E-state index contributed by atoms with van der Waals surface area (Å²) in [5.74, 6) is 0.988. The average molecular weight is 392 g/mol. The third-order valence-electron chi connectivity index (χ3n) is 4.00. The van der Waals surface area contributed by atoms with Crippen LogP contribution in [0.4, 0.5) is 5.69 Å². The second-order valence-corrected chi connectivity index (χ2v) is 8.11. The fraction of sp³-hybridized carbons (Fsp3) is 0.278. The summed E-state index contributed by atoms with van der Waals surface area (Å²) in [5, 5.41) is 2.69. The van der Waals surface area contributed by atoms with Crippen LogP contribution >= 0.6 is 0 Å². The number of hydrogen-bond donors (Lipinski definition) is 1. The van der Waals surface area contributed by atoms with E-state index in [-0.39, 0.29) is 10.6 Å². The molecule has 0 aliphatic carbocycles. The molecule has 0 saturated heterocycles. The Balaban J connectivity index is 1.91. The van der Waals surface area contributed by atoms with Crippen LogP contribution in [0.3, 0.4) is 0 Å². The average Bonchev–Trinajstić information content (AvgIpc) is 2.67. The highest BCUT2D eigenvalue weighted by atomic mass is 32.2. The van der Waals surface area contributed by atoms with Crippen LogP contribution in [-0.2, 0) is 10.0 Å². The molecule has 1 amide bonds. The first-order valence-electron chi connectivity index (χ1n) is 8.14. The second kappa shape index (κ2) is 7.45. The van der Waals surface area contributed by atoms with Crippen molar-refractivity contribution in [3.8, 4) is 17.2 Å². The fourth-order valence-electron chi connectivity index (χ4n) is 2.54. The summed E-state index contributed by atoms with van der Waals surface area (Å²) in [6, 6.07) is 9.13. The molecule has 0 spiro atoms. The third kappa shape index (κ3) is 3.83. The van der Waals surface area contributed by atoms with Gasteiger partial charge in [-0.1, -0.05) is 0 Å². The van der Waals surface area contributed by atoms with E-state index in [0.717, 1.165) is 4.31 Å². The molecule has 0 fully saturated rings. The van der Waals surface area contributed by atoms with Crippen molar-refractivity contribution in [2.24, 2.45) is 0 Å². The van der Waals surface area contributed by atoms with Crippen LogP contribution < -0.4 is 19.5 Å². The molecule has 8 nitrogen and oxygen atoms in total. The molecule has 3 rings (SSSR count). The summed E-state index contributed by atoms with van der Waals surface area (Å²) >= 11 is 0. The van der Waals surface area contributed by atoms with Crippen molar-refractivity contribution < 1.29 is 27.4 Å². The summed E-state index contributed by atoms with van der Waals surface area (Å²) in [6.45, 7) is 0.874. The second-order valence-electron chi connectivity index (χ2n) is 5.96. The van der Waals surface area contributed by atoms with Gasteiger partial charge in [0.2, 0.25) is 10.0 Å². The van der Waals surface area contributed by atoms with Crippen LogP contribution in [0.2, 0.25) is 0 Å². The first kappa shape index (κ1) is 19.0. The molecule has 27 heavy (non-hydrogen) atoms. The number of carbonyl (C=O) groups is 1. The Hall–Kier alpha value is -2.78. The number of rotatable bonds is 5. The lowest BCUT2D eigenvalue weighted by Gasteiger charge is -2.19. The van der Waals surface area contributed by atoms with Gasteiger partial charge in [0.05, 0.1) is 17.7 Å². The SMILES string of the molecule is COc1ccc(S(=O)(=O)N(C)C)cc1NC(=O)c1ccc2c(c1)OCCO2. The topological polar surface area (TPSA) is 94.2 Å². The molecule has 1 aliphatic heterocycles. The Labute approximate surface area is 157 Å². The number of ether oxygens (including phenoxy) is 3. The molecule has 0 saturated carbocycles. The predicted octanol–water partition coefficient (Wildman–Crippen LogP) is 1.97. The van der Waals surface area contributed by atoms with Gasteiger partial charge in [0.25, 0.3) is 5.91 Å². The van der Waals surface area contributed by atoms with E-state index in [4.69, 9.17) is 14.2 Å². The van der Waals surface area contributed by atoms with Gasteiger partial charge in [-0.3, -0.25) is 4.79 Å². The molecule has 2 aromatic carbocycles. The summed E-state index contributed by atoms with van der Waals surface area (Å²) in [6.07, 6.45) is 0. The summed E-state index contributed by atoms with van der Waals surface area (Å²) in [4.78, 5) is 12.7. The highest BCUT2D eigenvalue weighted by Crippen LogP contribution is 2.32. The van der Waals surface area contributed by atoms with E-state index >= 15 is 0 Å². The number of hydrogen-bond acceptors (Lipinski definition) is 6. The molecular weight excluding hydrogens is 372 g/mol. The Morgan fingerprint density at radius 1 is 1.07 bits per heavy atom. The van der Waals surface area contributed by atoms with Crippen LogP contribution in [0.5, 0.6) is 17.2 Å². The third-order valence-corrected chi connectivity index (χ3v) is 5.81. The molecule has 9 heteroatoms. The zero-order valence-corrected chi connectivity index (χ0v) is 16.0. The highest BCUT2D eigenvalue weighted by Gasteiger charge is 2.21. The van der Waals surface area contributed by atoms with Crippen LogP contribution in [0.25, 0.3) is 0 Å². The van der Waals surface area contributed by atoms with Crippen molar-refractivity contribution in [2.75, 3.05) is 39.7 Å². The molecule has 144 valence electrons. The largest absolute Gasteiger partial charge is 0.495 e. The lowest BCUT2D eigenvalue weighted by atomic mass is 10.1. The normalized spacial score (nSPS) is 13.3. The maximum Gasteiger partial charge on any atom is 0.255 e. The first-order chi connectivity index (χ1) is 12.8. The molecule has 1 N–H and O–H groups in total. The molecule has 0 unspecified atom stereocenters. The number of methoxy groups -OCH3 is 1. The van der Waals surface area contributed by atoms with Gasteiger partial charge in [0.15, 0.2) is 11.5 Å². The monoisotopic (exact) mass is 392 g/mol. The van der Waals surface area contributed by atoms with E-state index in [1.807, 2.05) is 0 Å². The van der Waals surface area contributed by atoms with Gasteiger partial charge in [-0.15, -0.1) is 0 Å². The molecule has 1 aliphatic rings. The number of nitrogens with one attached hydrogen (secondary N) is 1. The van der Waals surface area contributed by atoms with E-state index in [0.29, 0.717) is 36.0 Å². The van der Waals surface area contributed by atoms with E-state index in [1.54, 1.807) is 18.2 Å². The fourth-order valence-corrected chi connectivity index (χ4v) is 3.46. The Morgan fingerprint density at radius 3 is 2.44 bits per heavy atom. The van der Waals surface area contributed by atoms with Crippen LogP contribution in [0, 0.1) is 0 Å². The van der Waals surface area contributed by atoms with E-state index < -0.39 is 15.9 Å². The van der Waals surface area contributed by atoms with Gasteiger partial charge in [-0.05, 0) is 36.4 Å². The van der Waals surface area contributed by atoms with Crippen LogP contribution in [-0.4, -0.2) is 53.0 Å².